The van der Waals surface area contributed by atoms with Crippen molar-refractivity contribution in [3.05, 3.63) is 17.7 Å². The van der Waals surface area contributed by atoms with Crippen molar-refractivity contribution >= 4 is 17.9 Å². The molecule has 0 aliphatic heterocycles. The number of nitrogens with zero attached hydrogens (tertiary/aromatic N) is 1. The number of rotatable bonds is 62. The van der Waals surface area contributed by atoms with Gasteiger partial charge in [-0.3, -0.25) is 19.3 Å². The third-order valence-electron chi connectivity index (χ3n) is 15.8. The van der Waals surface area contributed by atoms with Crippen LogP contribution in [0.2, 0.25) is 0 Å². The summed E-state index contributed by atoms with van der Waals surface area (Å²) in [5.41, 5.74) is 1.06. The Labute approximate surface area is 489 Å². The van der Waals surface area contributed by atoms with E-state index in [2.05, 4.69) is 42.5 Å². The Balaban J connectivity index is 2.84. The SMILES string of the molecule is CCCCCCCCCCCCCCCCCCOc1cc(CN(C)CCOC(=O)CCC(=O)OC(C)=O)cc(OCCCCCCCCCCCCCCCCCC)c1OCCCCCCCCCCCCCCCCCC. The molecule has 1 aromatic carbocycles. The Morgan fingerprint density at radius 1 is 0.354 bits per heavy atom. The topological polar surface area (TPSA) is 101 Å². The van der Waals surface area contributed by atoms with Crippen molar-refractivity contribution in [2.75, 3.05) is 40.0 Å². The summed E-state index contributed by atoms with van der Waals surface area (Å²) in [7, 11) is 2.01. The Kier molecular flexibility index (Phi) is 54.8. The van der Waals surface area contributed by atoms with Crippen LogP contribution in [-0.2, 0) is 30.4 Å². The molecule has 462 valence electrons. The Morgan fingerprint density at radius 3 is 0.911 bits per heavy atom. The largest absolute Gasteiger partial charge is 0.490 e. The summed E-state index contributed by atoms with van der Waals surface area (Å²) < 4.78 is 30.0. The lowest BCUT2D eigenvalue weighted by Crippen LogP contribution is -2.24. The minimum absolute atomic E-state index is 0.128. The molecule has 0 radical (unpaired) electrons. The molecule has 0 fully saturated rings. The highest BCUT2D eigenvalue weighted by Crippen LogP contribution is 2.40. The van der Waals surface area contributed by atoms with Gasteiger partial charge in [0.1, 0.15) is 6.61 Å². The van der Waals surface area contributed by atoms with Crippen LogP contribution in [0.4, 0.5) is 0 Å². The Morgan fingerprint density at radius 2 is 0.620 bits per heavy atom. The average Bonchev–Trinajstić information content (AvgIpc) is 3.43. The number of benzene rings is 1. The predicted molar refractivity (Wildman–Crippen MR) is 335 cm³/mol. The van der Waals surface area contributed by atoms with Crippen LogP contribution in [0.15, 0.2) is 12.1 Å². The average molecular weight is 1110 g/mol. The lowest BCUT2D eigenvalue weighted by atomic mass is 10.0. The van der Waals surface area contributed by atoms with E-state index in [4.69, 9.17) is 18.9 Å². The summed E-state index contributed by atoms with van der Waals surface area (Å²) >= 11 is 0. The fourth-order valence-corrected chi connectivity index (χ4v) is 10.8. The molecule has 9 nitrogen and oxygen atoms in total. The van der Waals surface area contributed by atoms with Gasteiger partial charge in [0.05, 0.1) is 32.7 Å². The van der Waals surface area contributed by atoms with Gasteiger partial charge in [0, 0.05) is 20.0 Å². The number of carbonyl (C=O) groups excluding carboxylic acids is 3. The summed E-state index contributed by atoms with van der Waals surface area (Å²) in [5.74, 6) is 0.354. The molecule has 9 heteroatoms. The minimum Gasteiger partial charge on any atom is -0.490 e. The Hall–Kier alpha value is -2.81. The van der Waals surface area contributed by atoms with E-state index in [1.54, 1.807) is 0 Å². The molecule has 0 aliphatic rings. The number of ether oxygens (including phenoxy) is 5. The van der Waals surface area contributed by atoms with Crippen LogP contribution in [-0.4, -0.2) is 62.8 Å². The summed E-state index contributed by atoms with van der Waals surface area (Å²) in [5, 5.41) is 0. The van der Waals surface area contributed by atoms with Gasteiger partial charge in [0.2, 0.25) is 5.75 Å². The minimum atomic E-state index is -0.723. The van der Waals surface area contributed by atoms with E-state index in [-0.39, 0.29) is 19.4 Å². The molecule has 0 spiro atoms. The van der Waals surface area contributed by atoms with Gasteiger partial charge in [-0.2, -0.15) is 0 Å². The third kappa shape index (κ3) is 50.6. The summed E-state index contributed by atoms with van der Waals surface area (Å²) in [6.07, 6.45) is 63.9. The molecule has 0 saturated heterocycles. The lowest BCUT2D eigenvalue weighted by molar-refractivity contribution is -0.160. The van der Waals surface area contributed by atoms with Crippen LogP contribution in [0.1, 0.15) is 354 Å². The predicted octanol–water partition coefficient (Wildman–Crippen LogP) is 21.5. The third-order valence-corrected chi connectivity index (χ3v) is 15.8. The normalized spacial score (nSPS) is 11.4. The number of hydrogen-bond acceptors (Lipinski definition) is 9. The molecule has 0 heterocycles. The van der Waals surface area contributed by atoms with Gasteiger partial charge in [0.15, 0.2) is 11.5 Å². The molecule has 1 rings (SSSR count). The highest BCUT2D eigenvalue weighted by atomic mass is 16.6. The molecule has 0 aromatic heterocycles. The van der Waals surface area contributed by atoms with Crippen molar-refractivity contribution in [3.8, 4) is 17.2 Å². The van der Waals surface area contributed by atoms with Crippen LogP contribution in [0.3, 0.4) is 0 Å². The zero-order chi connectivity index (χ0) is 57.2. The van der Waals surface area contributed by atoms with Gasteiger partial charge < -0.3 is 23.7 Å². The number of likely N-dealkylation sites (N-methyl/N-ethyl adjacent to an activating group) is 1. The standard InChI is InChI=1S/C70H129NO8/c1-6-9-12-15-18-21-24-27-30-33-36-39-42-45-48-51-57-75-66-61-65(63-71(5)56-60-77-68(73)54-55-69(74)79-64(4)72)62-67(76-58-52-49-46-43-40-37-34-31-28-25-22-19-16-13-10-7-2)70(66)78-59-53-50-47-44-41-38-35-32-29-26-23-20-17-14-11-8-3/h61-62H,6-60,63H2,1-5H3. The highest BCUT2D eigenvalue weighted by molar-refractivity contribution is 5.86. The van der Waals surface area contributed by atoms with E-state index in [1.807, 2.05) is 7.05 Å². The van der Waals surface area contributed by atoms with E-state index in [0.717, 1.165) is 54.9 Å². The summed E-state index contributed by atoms with van der Waals surface area (Å²) in [4.78, 5) is 37.3. The second-order valence-electron chi connectivity index (χ2n) is 23.8. The fourth-order valence-electron chi connectivity index (χ4n) is 10.8. The van der Waals surface area contributed by atoms with Crippen molar-refractivity contribution in [2.24, 2.45) is 0 Å². The zero-order valence-electron chi connectivity index (χ0n) is 53.0. The van der Waals surface area contributed by atoms with E-state index in [0.29, 0.717) is 32.9 Å². The molecule has 79 heavy (non-hydrogen) atoms. The monoisotopic (exact) mass is 1110 g/mol. The molecule has 1 aromatic rings. The van der Waals surface area contributed by atoms with Crippen LogP contribution in [0, 0.1) is 0 Å². The molecule has 0 atom stereocenters. The van der Waals surface area contributed by atoms with Crippen molar-refractivity contribution < 1.29 is 38.1 Å². The molecule has 0 unspecified atom stereocenters. The lowest BCUT2D eigenvalue weighted by Gasteiger charge is -2.21. The molecule has 0 aliphatic carbocycles. The molecule has 0 saturated carbocycles. The maximum absolute atomic E-state index is 12.4. The van der Waals surface area contributed by atoms with Crippen LogP contribution in [0.5, 0.6) is 17.2 Å². The first kappa shape index (κ1) is 74.2. The first-order valence-electron chi connectivity index (χ1n) is 34.4. The smallest absolute Gasteiger partial charge is 0.314 e. The van der Waals surface area contributed by atoms with E-state index < -0.39 is 17.9 Å². The van der Waals surface area contributed by atoms with Crippen molar-refractivity contribution in [3.63, 3.8) is 0 Å². The molecular formula is C70H129NO8. The van der Waals surface area contributed by atoms with Gasteiger partial charge in [-0.1, -0.05) is 310 Å². The van der Waals surface area contributed by atoms with E-state index in [1.165, 1.54) is 283 Å². The quantitative estimate of drug-likeness (QED) is 0.0359. The van der Waals surface area contributed by atoms with Gasteiger partial charge >= 0.3 is 17.9 Å². The molecule has 0 amide bonds. The first-order chi connectivity index (χ1) is 38.8. The van der Waals surface area contributed by atoms with Crippen LogP contribution in [0.25, 0.3) is 0 Å². The second-order valence-corrected chi connectivity index (χ2v) is 23.8. The van der Waals surface area contributed by atoms with E-state index >= 15 is 0 Å². The van der Waals surface area contributed by atoms with Crippen molar-refractivity contribution in [2.45, 2.75) is 355 Å². The van der Waals surface area contributed by atoms with Crippen molar-refractivity contribution in [1.29, 1.82) is 0 Å². The molecule has 0 bridgehead atoms. The summed E-state index contributed by atoms with van der Waals surface area (Å²) in [6, 6.07) is 4.25. The number of hydrogen-bond donors (Lipinski definition) is 0. The van der Waals surface area contributed by atoms with Crippen LogP contribution >= 0.6 is 0 Å². The summed E-state index contributed by atoms with van der Waals surface area (Å²) in [6.45, 7) is 11.3. The molecule has 0 N–H and O–H groups in total. The van der Waals surface area contributed by atoms with Gasteiger partial charge in [0.25, 0.3) is 0 Å². The number of carbonyl (C=O) groups is 3. The number of unbranched alkanes of at least 4 members (excludes halogenated alkanes) is 45. The number of esters is 3. The highest BCUT2D eigenvalue weighted by Gasteiger charge is 2.18. The van der Waals surface area contributed by atoms with E-state index in [9.17, 15) is 14.4 Å². The Bertz CT molecular complexity index is 1440. The zero-order valence-corrected chi connectivity index (χ0v) is 53.0. The molecular weight excluding hydrogens is 983 g/mol. The fraction of sp³-hybridized carbons (Fsp3) is 0.871. The van der Waals surface area contributed by atoms with Crippen molar-refractivity contribution in [1.82, 2.24) is 4.90 Å². The maximum Gasteiger partial charge on any atom is 0.314 e. The first-order valence-corrected chi connectivity index (χ1v) is 34.4. The maximum atomic E-state index is 12.4. The van der Waals surface area contributed by atoms with Gasteiger partial charge in [-0.15, -0.1) is 0 Å². The van der Waals surface area contributed by atoms with Crippen LogP contribution < -0.4 is 14.2 Å². The van der Waals surface area contributed by atoms with Gasteiger partial charge in [-0.05, 0) is 44.0 Å². The van der Waals surface area contributed by atoms with Gasteiger partial charge in [-0.25, -0.2) is 0 Å². The second kappa shape index (κ2) is 58.4.